The number of hydrogen-bond donors (Lipinski definition) is 0. The Hall–Kier alpha value is -1.63. The Balaban J connectivity index is 2.90. The van der Waals surface area contributed by atoms with Crippen molar-refractivity contribution >= 4 is 22.7 Å². The smallest absolute Gasteiger partial charge is 0.304 e. The number of halogens is 1. The molecule has 7 heteroatoms. The average molecular weight is 244 g/mol. The quantitative estimate of drug-likeness (QED) is 0.455. The summed E-state index contributed by atoms with van der Waals surface area (Å²) in [4.78, 5) is 22.5. The van der Waals surface area contributed by atoms with Gasteiger partial charge in [-0.1, -0.05) is 0 Å². The minimum absolute atomic E-state index is 0.270. The molecule has 0 atom stereocenters. The number of hydrogen-bond acceptors (Lipinski definition) is 4. The highest BCUT2D eigenvalue weighted by atomic mass is 32.2. The molecule has 1 aromatic rings. The van der Waals surface area contributed by atoms with Gasteiger partial charge in [-0.25, -0.2) is 0 Å². The van der Waals surface area contributed by atoms with Crippen molar-refractivity contribution in [3.63, 3.8) is 0 Å². The van der Waals surface area contributed by atoms with Gasteiger partial charge in [0, 0.05) is 25.1 Å². The number of carbonyl (C=O) groups excluding carboxylic acids is 1. The lowest BCUT2D eigenvalue weighted by atomic mass is 10.3. The normalized spacial score (nSPS) is 9.94. The first kappa shape index (κ1) is 12.4. The van der Waals surface area contributed by atoms with Crippen LogP contribution in [0.4, 0.5) is 14.9 Å². The zero-order valence-electron chi connectivity index (χ0n) is 8.64. The van der Waals surface area contributed by atoms with Gasteiger partial charge in [0.05, 0.1) is 4.92 Å². The number of carbonyl (C=O) groups is 1. The van der Waals surface area contributed by atoms with Crippen LogP contribution in [-0.4, -0.2) is 29.2 Å². The van der Waals surface area contributed by atoms with Crippen LogP contribution in [0.3, 0.4) is 0 Å². The Kier molecular flexibility index (Phi) is 3.83. The van der Waals surface area contributed by atoms with E-state index in [9.17, 15) is 19.3 Å². The second kappa shape index (κ2) is 4.93. The minimum Gasteiger partial charge on any atom is -0.339 e. The second-order valence-electron chi connectivity index (χ2n) is 3.13. The Morgan fingerprint density at radius 2 is 2.12 bits per heavy atom. The van der Waals surface area contributed by atoms with Crippen LogP contribution < -0.4 is 0 Å². The Morgan fingerprint density at radius 1 is 1.50 bits per heavy atom. The lowest BCUT2D eigenvalue weighted by molar-refractivity contribution is -0.387. The van der Waals surface area contributed by atoms with Gasteiger partial charge in [0.2, 0.25) is 5.82 Å². The maximum Gasteiger partial charge on any atom is 0.304 e. The van der Waals surface area contributed by atoms with E-state index >= 15 is 0 Å². The number of nitro benzene ring substituents is 1. The Labute approximate surface area is 95.4 Å². The standard InChI is InChI=1S/C9H9FN2O3S/c1-11(2)9(13)16-6-3-4-8(12(14)15)7(10)5-6/h3-5H,1-2H3. The molecule has 86 valence electrons. The molecule has 0 bridgehead atoms. The summed E-state index contributed by atoms with van der Waals surface area (Å²) in [5.74, 6) is -0.943. The van der Waals surface area contributed by atoms with E-state index < -0.39 is 16.4 Å². The summed E-state index contributed by atoms with van der Waals surface area (Å²) in [6.07, 6.45) is 0. The van der Waals surface area contributed by atoms with Crippen LogP contribution in [-0.2, 0) is 0 Å². The van der Waals surface area contributed by atoms with Crippen molar-refractivity contribution in [1.82, 2.24) is 4.90 Å². The van der Waals surface area contributed by atoms with E-state index in [0.717, 1.165) is 23.9 Å². The SMILES string of the molecule is CN(C)C(=O)Sc1ccc([N+](=O)[O-])c(F)c1. The highest BCUT2D eigenvalue weighted by Gasteiger charge is 2.15. The van der Waals surface area contributed by atoms with E-state index in [4.69, 9.17) is 0 Å². The summed E-state index contributed by atoms with van der Waals surface area (Å²) in [6.45, 7) is 0. The van der Waals surface area contributed by atoms with Crippen LogP contribution in [0.1, 0.15) is 0 Å². The molecule has 0 saturated heterocycles. The largest absolute Gasteiger partial charge is 0.339 e. The molecule has 0 saturated carbocycles. The molecule has 5 nitrogen and oxygen atoms in total. The molecule has 0 fully saturated rings. The van der Waals surface area contributed by atoms with Crippen molar-refractivity contribution in [3.05, 3.63) is 34.1 Å². The van der Waals surface area contributed by atoms with Crippen LogP contribution in [0.5, 0.6) is 0 Å². The summed E-state index contributed by atoms with van der Waals surface area (Å²) < 4.78 is 13.2. The molecule has 0 spiro atoms. The van der Waals surface area contributed by atoms with E-state index in [0.29, 0.717) is 4.90 Å². The molecule has 0 aliphatic carbocycles. The molecule has 0 unspecified atom stereocenters. The van der Waals surface area contributed by atoms with Gasteiger partial charge in [-0.05, 0) is 23.9 Å². The van der Waals surface area contributed by atoms with Crippen molar-refractivity contribution < 1.29 is 14.1 Å². The van der Waals surface area contributed by atoms with E-state index in [1.165, 1.54) is 11.0 Å². The van der Waals surface area contributed by atoms with Gasteiger partial charge in [-0.2, -0.15) is 4.39 Å². The van der Waals surface area contributed by atoms with Crippen LogP contribution >= 0.6 is 11.8 Å². The van der Waals surface area contributed by atoms with E-state index in [-0.39, 0.29) is 5.24 Å². The summed E-state index contributed by atoms with van der Waals surface area (Å²) in [6, 6.07) is 3.36. The molecule has 1 aromatic carbocycles. The topological polar surface area (TPSA) is 63.5 Å². The zero-order chi connectivity index (χ0) is 12.3. The number of nitro groups is 1. The maximum absolute atomic E-state index is 13.2. The first-order valence-corrected chi connectivity index (χ1v) is 5.06. The predicted octanol–water partition coefficient (Wildman–Crippen LogP) is 2.51. The predicted molar refractivity (Wildman–Crippen MR) is 58.0 cm³/mol. The molecule has 0 aliphatic heterocycles. The Bertz CT molecular complexity index is 437. The monoisotopic (exact) mass is 244 g/mol. The molecule has 0 radical (unpaired) electrons. The lowest BCUT2D eigenvalue weighted by Gasteiger charge is -2.08. The van der Waals surface area contributed by atoms with Gasteiger partial charge in [0.15, 0.2) is 0 Å². The van der Waals surface area contributed by atoms with Gasteiger partial charge < -0.3 is 4.90 Å². The fraction of sp³-hybridized carbons (Fsp3) is 0.222. The van der Waals surface area contributed by atoms with Gasteiger partial charge in [0.1, 0.15) is 0 Å². The Morgan fingerprint density at radius 3 is 2.56 bits per heavy atom. The maximum atomic E-state index is 13.2. The van der Waals surface area contributed by atoms with Crippen LogP contribution in [0, 0.1) is 15.9 Å². The van der Waals surface area contributed by atoms with Gasteiger partial charge in [0.25, 0.3) is 5.24 Å². The third kappa shape index (κ3) is 2.93. The second-order valence-corrected chi connectivity index (χ2v) is 4.16. The van der Waals surface area contributed by atoms with E-state index in [2.05, 4.69) is 0 Å². The van der Waals surface area contributed by atoms with Gasteiger partial charge in [-0.3, -0.25) is 14.9 Å². The van der Waals surface area contributed by atoms with Crippen LogP contribution in [0.15, 0.2) is 23.1 Å². The molecule has 0 aromatic heterocycles. The third-order valence-corrected chi connectivity index (χ3v) is 2.72. The summed E-state index contributed by atoms with van der Waals surface area (Å²) >= 11 is 0.811. The molecule has 1 rings (SSSR count). The first-order chi connectivity index (χ1) is 7.41. The van der Waals surface area contributed by atoms with Crippen molar-refractivity contribution in [3.8, 4) is 0 Å². The van der Waals surface area contributed by atoms with Crippen molar-refractivity contribution in [2.24, 2.45) is 0 Å². The summed E-state index contributed by atoms with van der Waals surface area (Å²) in [5, 5.41) is 10.1. The van der Waals surface area contributed by atoms with Crippen LogP contribution in [0.2, 0.25) is 0 Å². The molecular weight excluding hydrogens is 235 g/mol. The average Bonchev–Trinajstić information content (AvgIpc) is 2.16. The molecule has 0 aliphatic rings. The fourth-order valence-corrected chi connectivity index (χ4v) is 1.57. The highest BCUT2D eigenvalue weighted by Crippen LogP contribution is 2.25. The summed E-state index contributed by atoms with van der Waals surface area (Å²) in [5.41, 5.74) is -0.596. The van der Waals surface area contributed by atoms with E-state index in [1.54, 1.807) is 14.1 Å². The highest BCUT2D eigenvalue weighted by molar-refractivity contribution is 8.13. The van der Waals surface area contributed by atoms with Crippen LogP contribution in [0.25, 0.3) is 0 Å². The van der Waals surface area contributed by atoms with Gasteiger partial charge >= 0.3 is 5.69 Å². The van der Waals surface area contributed by atoms with Crippen molar-refractivity contribution in [2.45, 2.75) is 4.90 Å². The molecule has 1 amide bonds. The third-order valence-electron chi connectivity index (χ3n) is 1.69. The van der Waals surface area contributed by atoms with Crippen molar-refractivity contribution in [1.29, 1.82) is 0 Å². The van der Waals surface area contributed by atoms with E-state index in [1.807, 2.05) is 0 Å². The minimum atomic E-state index is -0.943. The number of benzene rings is 1. The number of nitrogens with zero attached hydrogens (tertiary/aromatic N) is 2. The number of rotatable bonds is 2. The first-order valence-electron chi connectivity index (χ1n) is 4.25. The van der Waals surface area contributed by atoms with Crippen molar-refractivity contribution in [2.75, 3.05) is 14.1 Å². The molecule has 0 N–H and O–H groups in total. The molecule has 0 heterocycles. The molecular formula is C9H9FN2O3S. The summed E-state index contributed by atoms with van der Waals surface area (Å²) in [7, 11) is 3.13. The number of amides is 1. The number of thioether (sulfide) groups is 1. The fourth-order valence-electron chi connectivity index (χ4n) is 0.891. The molecule has 16 heavy (non-hydrogen) atoms. The zero-order valence-corrected chi connectivity index (χ0v) is 9.45. The van der Waals surface area contributed by atoms with Gasteiger partial charge in [-0.15, -0.1) is 0 Å². The lowest BCUT2D eigenvalue weighted by Crippen LogP contribution is -2.16.